The maximum atomic E-state index is 13.3. The molecule has 0 aliphatic carbocycles. The standard InChI is InChI=1S/C23H24N2O3S/c1-17-13-14-20(15-19(17)3)24-23(26)16-25(22-12-8-7-9-18(22)2)29(27,28)21-10-5-4-6-11-21/h4-15H,16H2,1-3H3,(H,24,26). The van der Waals surface area contributed by atoms with Gasteiger partial charge in [-0.05, 0) is 67.8 Å². The third kappa shape index (κ3) is 4.66. The Morgan fingerprint density at radius 1 is 0.828 bits per heavy atom. The molecule has 0 spiro atoms. The highest BCUT2D eigenvalue weighted by Crippen LogP contribution is 2.26. The van der Waals surface area contributed by atoms with Gasteiger partial charge in [-0.1, -0.05) is 42.5 Å². The van der Waals surface area contributed by atoms with Crippen molar-refractivity contribution < 1.29 is 13.2 Å². The molecule has 0 aliphatic rings. The third-order valence-electron chi connectivity index (χ3n) is 4.79. The molecule has 1 amide bonds. The van der Waals surface area contributed by atoms with E-state index in [1.807, 2.05) is 51.1 Å². The van der Waals surface area contributed by atoms with Crippen LogP contribution in [0.5, 0.6) is 0 Å². The van der Waals surface area contributed by atoms with Crippen molar-refractivity contribution >= 4 is 27.3 Å². The van der Waals surface area contributed by atoms with Crippen molar-refractivity contribution in [1.29, 1.82) is 0 Å². The highest BCUT2D eigenvalue weighted by molar-refractivity contribution is 7.92. The summed E-state index contributed by atoms with van der Waals surface area (Å²) in [7, 11) is -3.91. The quantitative estimate of drug-likeness (QED) is 0.655. The Bertz CT molecular complexity index is 1130. The van der Waals surface area contributed by atoms with Gasteiger partial charge in [-0.15, -0.1) is 0 Å². The maximum Gasteiger partial charge on any atom is 0.264 e. The Labute approximate surface area is 172 Å². The van der Waals surface area contributed by atoms with Gasteiger partial charge in [0.1, 0.15) is 6.54 Å². The lowest BCUT2D eigenvalue weighted by Crippen LogP contribution is -2.38. The lowest BCUT2D eigenvalue weighted by atomic mass is 10.1. The first-order chi connectivity index (χ1) is 13.8. The van der Waals surface area contributed by atoms with Crippen LogP contribution in [0, 0.1) is 20.8 Å². The number of hydrogen-bond donors (Lipinski definition) is 1. The summed E-state index contributed by atoms with van der Waals surface area (Å²) in [6.45, 7) is 5.46. The molecule has 29 heavy (non-hydrogen) atoms. The maximum absolute atomic E-state index is 13.3. The molecule has 0 radical (unpaired) electrons. The summed E-state index contributed by atoms with van der Waals surface area (Å²) in [5.41, 5.74) is 4.06. The molecule has 0 heterocycles. The second-order valence-corrected chi connectivity index (χ2v) is 8.82. The second-order valence-electron chi connectivity index (χ2n) is 6.96. The highest BCUT2D eigenvalue weighted by atomic mass is 32.2. The molecule has 1 N–H and O–H groups in total. The van der Waals surface area contributed by atoms with Gasteiger partial charge in [0.25, 0.3) is 10.0 Å². The zero-order valence-electron chi connectivity index (χ0n) is 16.7. The normalized spacial score (nSPS) is 11.1. The molecule has 0 unspecified atom stereocenters. The van der Waals surface area contributed by atoms with Crippen LogP contribution in [0.2, 0.25) is 0 Å². The van der Waals surface area contributed by atoms with E-state index in [2.05, 4.69) is 5.32 Å². The van der Waals surface area contributed by atoms with E-state index in [4.69, 9.17) is 0 Å². The largest absolute Gasteiger partial charge is 0.325 e. The molecule has 0 aromatic heterocycles. The molecule has 5 nitrogen and oxygen atoms in total. The Balaban J connectivity index is 1.94. The van der Waals surface area contributed by atoms with E-state index in [0.717, 1.165) is 21.0 Å². The zero-order valence-corrected chi connectivity index (χ0v) is 17.5. The van der Waals surface area contributed by atoms with Gasteiger partial charge in [0.2, 0.25) is 5.91 Å². The lowest BCUT2D eigenvalue weighted by Gasteiger charge is -2.25. The van der Waals surface area contributed by atoms with Crippen LogP contribution in [0.3, 0.4) is 0 Å². The topological polar surface area (TPSA) is 66.5 Å². The van der Waals surface area contributed by atoms with E-state index >= 15 is 0 Å². The molecule has 0 saturated carbocycles. The minimum Gasteiger partial charge on any atom is -0.325 e. The third-order valence-corrected chi connectivity index (χ3v) is 6.57. The molecule has 0 fully saturated rings. The number of nitrogens with one attached hydrogen (secondary N) is 1. The molecule has 3 aromatic carbocycles. The molecule has 0 atom stereocenters. The van der Waals surface area contributed by atoms with Crippen LogP contribution >= 0.6 is 0 Å². The molecule has 0 saturated heterocycles. The summed E-state index contributed by atoms with van der Waals surface area (Å²) in [6, 6.07) is 20.9. The van der Waals surface area contributed by atoms with Gasteiger partial charge in [0.05, 0.1) is 10.6 Å². The molecular weight excluding hydrogens is 384 g/mol. The number of nitrogens with zero attached hydrogens (tertiary/aromatic N) is 1. The van der Waals surface area contributed by atoms with E-state index < -0.39 is 15.9 Å². The summed E-state index contributed by atoms with van der Waals surface area (Å²) in [4.78, 5) is 12.9. The van der Waals surface area contributed by atoms with E-state index in [0.29, 0.717) is 11.4 Å². The number of carbonyl (C=O) groups excluding carboxylic acids is 1. The van der Waals surface area contributed by atoms with Crippen LogP contribution in [-0.4, -0.2) is 20.9 Å². The van der Waals surface area contributed by atoms with Crippen LogP contribution in [-0.2, 0) is 14.8 Å². The van der Waals surface area contributed by atoms with Gasteiger partial charge in [0.15, 0.2) is 0 Å². The number of carbonyl (C=O) groups is 1. The van der Waals surface area contributed by atoms with Crippen molar-refractivity contribution in [2.75, 3.05) is 16.2 Å². The first kappa shape index (κ1) is 20.6. The monoisotopic (exact) mass is 408 g/mol. The average Bonchev–Trinajstić information content (AvgIpc) is 2.70. The van der Waals surface area contributed by atoms with Crippen molar-refractivity contribution in [1.82, 2.24) is 0 Å². The van der Waals surface area contributed by atoms with Crippen molar-refractivity contribution in [2.24, 2.45) is 0 Å². The fraction of sp³-hybridized carbons (Fsp3) is 0.174. The summed E-state index contributed by atoms with van der Waals surface area (Å²) in [5, 5.41) is 2.81. The summed E-state index contributed by atoms with van der Waals surface area (Å²) < 4.78 is 27.8. The second kappa shape index (κ2) is 8.49. The molecule has 150 valence electrons. The SMILES string of the molecule is Cc1ccc(NC(=O)CN(c2ccccc2C)S(=O)(=O)c2ccccc2)cc1C. The summed E-state index contributed by atoms with van der Waals surface area (Å²) in [5.74, 6) is -0.406. The van der Waals surface area contributed by atoms with E-state index in [1.54, 1.807) is 30.3 Å². The van der Waals surface area contributed by atoms with Gasteiger partial charge >= 0.3 is 0 Å². The van der Waals surface area contributed by atoms with Gasteiger partial charge in [-0.2, -0.15) is 0 Å². The Kier molecular flexibility index (Phi) is 6.03. The number of aryl methyl sites for hydroxylation is 3. The first-order valence-electron chi connectivity index (χ1n) is 9.29. The van der Waals surface area contributed by atoms with E-state index in [9.17, 15) is 13.2 Å². The molecule has 0 bridgehead atoms. The fourth-order valence-electron chi connectivity index (χ4n) is 3.01. The minimum atomic E-state index is -3.91. The Morgan fingerprint density at radius 2 is 1.48 bits per heavy atom. The number of sulfonamides is 1. The average molecular weight is 409 g/mol. The van der Waals surface area contributed by atoms with Crippen molar-refractivity contribution in [2.45, 2.75) is 25.7 Å². The highest BCUT2D eigenvalue weighted by Gasteiger charge is 2.28. The van der Waals surface area contributed by atoms with Crippen LogP contribution in [0.15, 0.2) is 77.7 Å². The summed E-state index contributed by atoms with van der Waals surface area (Å²) >= 11 is 0. The van der Waals surface area contributed by atoms with Gasteiger partial charge in [-0.25, -0.2) is 8.42 Å². The lowest BCUT2D eigenvalue weighted by molar-refractivity contribution is -0.114. The van der Waals surface area contributed by atoms with Gasteiger partial charge < -0.3 is 5.32 Å². The zero-order chi connectivity index (χ0) is 21.0. The predicted molar refractivity (Wildman–Crippen MR) is 117 cm³/mol. The molecule has 6 heteroatoms. The number of hydrogen-bond acceptors (Lipinski definition) is 3. The Morgan fingerprint density at radius 3 is 2.14 bits per heavy atom. The summed E-state index contributed by atoms with van der Waals surface area (Å²) in [6.07, 6.45) is 0. The minimum absolute atomic E-state index is 0.141. The van der Waals surface area contributed by atoms with Gasteiger partial charge in [0, 0.05) is 5.69 Å². The molecule has 3 rings (SSSR count). The number of amides is 1. The van der Waals surface area contributed by atoms with Gasteiger partial charge in [-0.3, -0.25) is 9.10 Å². The van der Waals surface area contributed by atoms with Crippen molar-refractivity contribution in [3.8, 4) is 0 Å². The number of anilines is 2. The fourth-order valence-corrected chi connectivity index (χ4v) is 4.52. The molecule has 0 aliphatic heterocycles. The Hall–Kier alpha value is -3.12. The number of para-hydroxylation sites is 1. The first-order valence-corrected chi connectivity index (χ1v) is 10.7. The van der Waals surface area contributed by atoms with Crippen LogP contribution in [0.1, 0.15) is 16.7 Å². The van der Waals surface area contributed by atoms with Crippen molar-refractivity contribution in [3.63, 3.8) is 0 Å². The molecule has 3 aromatic rings. The number of benzene rings is 3. The number of rotatable bonds is 6. The predicted octanol–water partition coefficient (Wildman–Crippen LogP) is 4.45. The molecular formula is C23H24N2O3S. The van der Waals surface area contributed by atoms with Crippen LogP contribution < -0.4 is 9.62 Å². The van der Waals surface area contributed by atoms with Crippen LogP contribution in [0.4, 0.5) is 11.4 Å². The smallest absolute Gasteiger partial charge is 0.264 e. The van der Waals surface area contributed by atoms with Crippen molar-refractivity contribution in [3.05, 3.63) is 89.5 Å². The van der Waals surface area contributed by atoms with Crippen LogP contribution in [0.25, 0.3) is 0 Å². The van der Waals surface area contributed by atoms with E-state index in [-0.39, 0.29) is 11.4 Å². The van der Waals surface area contributed by atoms with E-state index in [1.165, 1.54) is 12.1 Å².